The van der Waals surface area contributed by atoms with E-state index in [4.69, 9.17) is 10.5 Å². The van der Waals surface area contributed by atoms with Gasteiger partial charge in [0, 0.05) is 6.04 Å². The van der Waals surface area contributed by atoms with Crippen LogP contribution in [0.15, 0.2) is 17.7 Å². The molecule has 3 heterocycles. The monoisotopic (exact) mass is 352 g/mol. The third-order valence-corrected chi connectivity index (χ3v) is 5.16. The number of fused-ring (bicyclic) bond motifs is 1. The van der Waals surface area contributed by atoms with Crippen LogP contribution in [0.3, 0.4) is 0 Å². The van der Waals surface area contributed by atoms with E-state index in [9.17, 15) is 14.4 Å². The van der Waals surface area contributed by atoms with E-state index in [1.807, 2.05) is 0 Å². The molecule has 1 aliphatic carbocycles. The van der Waals surface area contributed by atoms with Crippen LogP contribution in [0.25, 0.3) is 11.2 Å². The zero-order valence-electron chi connectivity index (χ0n) is 12.7. The topological polar surface area (TPSA) is 148 Å². The molecular formula is C13H17N6O4P. The van der Waals surface area contributed by atoms with Crippen molar-refractivity contribution in [2.45, 2.75) is 31.5 Å². The number of aromatic nitrogens is 4. The van der Waals surface area contributed by atoms with Crippen molar-refractivity contribution >= 4 is 30.5 Å². The van der Waals surface area contributed by atoms with Gasteiger partial charge in [-0.3, -0.25) is 4.57 Å². The molecule has 128 valence electrons. The summed E-state index contributed by atoms with van der Waals surface area (Å²) < 4.78 is 18.6. The molecule has 0 radical (unpaired) electrons. The van der Waals surface area contributed by atoms with Crippen molar-refractivity contribution in [2.24, 2.45) is 0 Å². The minimum absolute atomic E-state index is 0.0114. The fourth-order valence-corrected chi connectivity index (χ4v) is 3.56. The highest BCUT2D eigenvalue weighted by atomic mass is 31.2. The lowest BCUT2D eigenvalue weighted by molar-refractivity contribution is 0.111. The molecule has 1 fully saturated rings. The normalized spacial score (nSPS) is 21.2. The highest BCUT2D eigenvalue weighted by Crippen LogP contribution is 2.49. The van der Waals surface area contributed by atoms with Gasteiger partial charge in [0.2, 0.25) is 5.95 Å². The Balaban J connectivity index is 1.66. The predicted molar refractivity (Wildman–Crippen MR) is 86.2 cm³/mol. The SMILES string of the molecule is Nc1nc(NC2CC2)c2ncn(C[C@@H]3OCC=C3P(=O)(O)O)c2n1. The number of nitrogens with zero attached hydrogens (tertiary/aromatic N) is 4. The second-order valence-corrected chi connectivity index (χ2v) is 7.52. The van der Waals surface area contributed by atoms with E-state index in [0.717, 1.165) is 12.8 Å². The molecule has 1 saturated carbocycles. The second-order valence-electron chi connectivity index (χ2n) is 5.91. The number of imidazole rings is 1. The molecular weight excluding hydrogens is 335 g/mol. The first kappa shape index (κ1) is 15.5. The largest absolute Gasteiger partial charge is 0.368 e. The van der Waals surface area contributed by atoms with Gasteiger partial charge in [0.25, 0.3) is 0 Å². The number of rotatable bonds is 5. The van der Waals surface area contributed by atoms with Gasteiger partial charge in [-0.2, -0.15) is 9.97 Å². The van der Waals surface area contributed by atoms with Crippen LogP contribution >= 0.6 is 7.60 Å². The summed E-state index contributed by atoms with van der Waals surface area (Å²) in [6.45, 7) is 0.357. The van der Waals surface area contributed by atoms with Crippen LogP contribution < -0.4 is 11.1 Å². The van der Waals surface area contributed by atoms with Gasteiger partial charge in [0.15, 0.2) is 17.0 Å². The maximum absolute atomic E-state index is 11.5. The Hall–Kier alpha value is -2.00. The smallest absolute Gasteiger partial charge is 0.354 e. The van der Waals surface area contributed by atoms with Gasteiger partial charge >= 0.3 is 7.60 Å². The molecule has 1 atom stereocenters. The number of ether oxygens (including phenoxy) is 1. The van der Waals surface area contributed by atoms with Crippen molar-refractivity contribution in [3.05, 3.63) is 17.7 Å². The Bertz CT molecular complexity index is 871. The Morgan fingerprint density at radius 2 is 2.21 bits per heavy atom. The fraction of sp³-hybridized carbons (Fsp3) is 0.462. The molecule has 0 spiro atoms. The van der Waals surface area contributed by atoms with E-state index < -0.39 is 13.7 Å². The van der Waals surface area contributed by atoms with Crippen LogP contribution in [0.1, 0.15) is 12.8 Å². The van der Waals surface area contributed by atoms with Crippen LogP contribution in [0.4, 0.5) is 11.8 Å². The number of anilines is 2. The summed E-state index contributed by atoms with van der Waals surface area (Å²) in [5.74, 6) is 0.697. The van der Waals surface area contributed by atoms with Crippen LogP contribution in [0.2, 0.25) is 0 Å². The molecule has 4 rings (SSSR count). The molecule has 2 aromatic heterocycles. The highest BCUT2D eigenvalue weighted by Gasteiger charge is 2.34. The average Bonchev–Trinajstić information content (AvgIpc) is 3.03. The summed E-state index contributed by atoms with van der Waals surface area (Å²) in [5.41, 5.74) is 6.87. The number of hydrogen-bond donors (Lipinski definition) is 4. The Morgan fingerprint density at radius 3 is 2.92 bits per heavy atom. The van der Waals surface area contributed by atoms with Crippen molar-refractivity contribution in [3.63, 3.8) is 0 Å². The molecule has 24 heavy (non-hydrogen) atoms. The van der Waals surface area contributed by atoms with Crippen molar-refractivity contribution in [1.29, 1.82) is 0 Å². The average molecular weight is 352 g/mol. The van der Waals surface area contributed by atoms with E-state index >= 15 is 0 Å². The number of nitrogens with one attached hydrogen (secondary N) is 1. The van der Waals surface area contributed by atoms with E-state index in [1.165, 1.54) is 6.08 Å². The van der Waals surface area contributed by atoms with Gasteiger partial charge in [-0.05, 0) is 18.9 Å². The van der Waals surface area contributed by atoms with E-state index in [-0.39, 0.29) is 24.4 Å². The summed E-state index contributed by atoms with van der Waals surface area (Å²) in [5, 5.41) is 3.25. The van der Waals surface area contributed by atoms with Gasteiger partial charge in [0.05, 0.1) is 24.8 Å². The Kier molecular flexibility index (Phi) is 3.57. The standard InChI is InChI=1S/C13H17N6O4P/c14-13-17-11(16-7-1-2-7)10-12(18-13)19(6-15-10)5-8-9(3-4-23-8)24(20,21)22/h3,6-8H,1-2,4-5H2,(H2,20,21,22)(H3,14,16,17,18)/t8-/m0/s1. The zero-order chi connectivity index (χ0) is 16.9. The van der Waals surface area contributed by atoms with Crippen molar-refractivity contribution in [2.75, 3.05) is 17.7 Å². The maximum Gasteiger partial charge on any atom is 0.354 e. The molecule has 2 aliphatic rings. The molecule has 1 aliphatic heterocycles. The maximum atomic E-state index is 11.5. The van der Waals surface area contributed by atoms with Crippen LogP contribution in [-0.2, 0) is 15.8 Å². The van der Waals surface area contributed by atoms with Gasteiger partial charge in [0.1, 0.15) is 6.10 Å². The minimum Gasteiger partial charge on any atom is -0.368 e. The first-order valence-corrected chi connectivity index (χ1v) is 9.15. The number of nitrogen functional groups attached to an aromatic ring is 1. The lowest BCUT2D eigenvalue weighted by Crippen LogP contribution is -2.19. The first-order valence-electron chi connectivity index (χ1n) is 7.54. The van der Waals surface area contributed by atoms with Gasteiger partial charge in [-0.1, -0.05) is 0 Å². The Morgan fingerprint density at radius 1 is 1.42 bits per heavy atom. The van der Waals surface area contributed by atoms with E-state index in [2.05, 4.69) is 20.3 Å². The molecule has 11 heteroatoms. The Labute approximate surface area is 136 Å². The molecule has 0 bridgehead atoms. The second kappa shape index (κ2) is 5.52. The quantitative estimate of drug-likeness (QED) is 0.562. The molecule has 5 N–H and O–H groups in total. The van der Waals surface area contributed by atoms with Crippen LogP contribution in [0, 0.1) is 0 Å². The fourth-order valence-electron chi connectivity index (χ4n) is 2.71. The van der Waals surface area contributed by atoms with Crippen LogP contribution in [-0.4, -0.2) is 48.1 Å². The summed E-state index contributed by atoms with van der Waals surface area (Å²) >= 11 is 0. The van der Waals surface area contributed by atoms with Crippen LogP contribution in [0.5, 0.6) is 0 Å². The third-order valence-electron chi connectivity index (χ3n) is 4.02. The lowest BCUT2D eigenvalue weighted by Gasteiger charge is -2.16. The van der Waals surface area contributed by atoms with Crippen molar-refractivity contribution < 1.29 is 19.1 Å². The highest BCUT2D eigenvalue weighted by molar-refractivity contribution is 7.56. The third kappa shape index (κ3) is 2.89. The predicted octanol–water partition coefficient (Wildman–Crippen LogP) is 0.443. The minimum atomic E-state index is -4.35. The molecule has 2 aromatic rings. The molecule has 0 unspecified atom stereocenters. The summed E-state index contributed by atoms with van der Waals surface area (Å²) in [4.78, 5) is 31.5. The lowest BCUT2D eigenvalue weighted by atomic mass is 10.3. The van der Waals surface area contributed by atoms with Gasteiger partial charge < -0.3 is 30.1 Å². The number of hydrogen-bond acceptors (Lipinski definition) is 7. The van der Waals surface area contributed by atoms with E-state index in [1.54, 1.807) is 10.9 Å². The molecule has 0 amide bonds. The number of nitrogens with two attached hydrogens (primary N) is 1. The molecule has 10 nitrogen and oxygen atoms in total. The zero-order valence-corrected chi connectivity index (χ0v) is 13.6. The van der Waals surface area contributed by atoms with Crippen molar-refractivity contribution in [1.82, 2.24) is 19.5 Å². The molecule has 0 aromatic carbocycles. The molecule has 0 saturated heterocycles. The van der Waals surface area contributed by atoms with Gasteiger partial charge in [-0.15, -0.1) is 0 Å². The summed E-state index contributed by atoms with van der Waals surface area (Å²) in [6.07, 6.45) is 4.42. The first-order chi connectivity index (χ1) is 11.4. The van der Waals surface area contributed by atoms with E-state index in [0.29, 0.717) is 23.0 Å². The van der Waals surface area contributed by atoms with Crippen molar-refractivity contribution in [3.8, 4) is 0 Å². The summed E-state index contributed by atoms with van der Waals surface area (Å²) in [6, 6.07) is 0.384. The summed E-state index contributed by atoms with van der Waals surface area (Å²) in [7, 11) is -4.35. The van der Waals surface area contributed by atoms with Gasteiger partial charge in [-0.25, -0.2) is 4.98 Å².